The van der Waals surface area contributed by atoms with Crippen molar-refractivity contribution in [1.29, 1.82) is 0 Å². The van der Waals surface area contributed by atoms with E-state index in [4.69, 9.17) is 0 Å². The largest absolute Gasteiger partial charge is 0.466 e. The Kier molecular flexibility index (Phi) is 3.25. The number of benzene rings is 1. The highest BCUT2D eigenvalue weighted by Crippen LogP contribution is 2.26. The van der Waals surface area contributed by atoms with Gasteiger partial charge in [0.1, 0.15) is 0 Å². The molecule has 0 atom stereocenters. The summed E-state index contributed by atoms with van der Waals surface area (Å²) in [6.07, 6.45) is 4.40. The number of hydrogen-bond donors (Lipinski definition) is 0. The molecule has 0 saturated carbocycles. The normalized spacial score (nSPS) is 14.2. The molecule has 1 aliphatic heterocycles. The first-order chi connectivity index (χ1) is 7.81. The van der Waals surface area contributed by atoms with Crippen LogP contribution in [0.3, 0.4) is 0 Å². The summed E-state index contributed by atoms with van der Waals surface area (Å²) < 4.78 is 4.54. The van der Waals surface area contributed by atoms with Crippen molar-refractivity contribution < 1.29 is 9.53 Å². The van der Waals surface area contributed by atoms with Crippen LogP contribution in [0.25, 0.3) is 0 Å². The fourth-order valence-corrected chi connectivity index (χ4v) is 1.94. The number of methoxy groups -OCH3 is 1. The van der Waals surface area contributed by atoms with Crippen molar-refractivity contribution in [2.75, 3.05) is 25.1 Å². The maximum atomic E-state index is 10.9. The van der Waals surface area contributed by atoms with Gasteiger partial charge in [-0.1, -0.05) is 24.3 Å². The molecule has 0 aromatic heterocycles. The number of hydrogen-bond acceptors (Lipinski definition) is 3. The molecule has 0 radical (unpaired) electrons. The summed E-state index contributed by atoms with van der Waals surface area (Å²) in [5, 5.41) is 0. The molecule has 0 spiro atoms. The molecule has 1 aromatic rings. The lowest BCUT2D eigenvalue weighted by atomic mass is 10.2. The first-order valence-corrected chi connectivity index (χ1v) is 5.38. The summed E-state index contributed by atoms with van der Waals surface area (Å²) in [5.74, 6) is -0.299. The SMILES string of the molecule is COC(=O)/C=C/CN1CCc2ccccc21. The maximum Gasteiger partial charge on any atom is 0.330 e. The Balaban J connectivity index is 1.98. The fourth-order valence-electron chi connectivity index (χ4n) is 1.94. The molecule has 1 aromatic carbocycles. The van der Waals surface area contributed by atoms with Crippen molar-refractivity contribution in [1.82, 2.24) is 0 Å². The van der Waals surface area contributed by atoms with E-state index in [2.05, 4.69) is 27.8 Å². The molecule has 0 saturated heterocycles. The van der Waals surface area contributed by atoms with Crippen LogP contribution in [-0.2, 0) is 16.0 Å². The summed E-state index contributed by atoms with van der Waals surface area (Å²) in [7, 11) is 1.39. The lowest BCUT2D eigenvalue weighted by Gasteiger charge is -2.16. The molecule has 0 amide bonds. The third-order valence-corrected chi connectivity index (χ3v) is 2.76. The molecule has 1 heterocycles. The molecular weight excluding hydrogens is 202 g/mol. The molecule has 16 heavy (non-hydrogen) atoms. The van der Waals surface area contributed by atoms with Crippen LogP contribution in [0, 0.1) is 0 Å². The average Bonchev–Trinajstić information content (AvgIpc) is 2.73. The first kappa shape index (κ1) is 10.7. The zero-order valence-corrected chi connectivity index (χ0v) is 9.35. The molecule has 0 unspecified atom stereocenters. The van der Waals surface area contributed by atoms with Crippen LogP contribution in [0.4, 0.5) is 5.69 Å². The van der Waals surface area contributed by atoms with E-state index in [-0.39, 0.29) is 5.97 Å². The zero-order chi connectivity index (χ0) is 11.4. The van der Waals surface area contributed by atoms with E-state index in [9.17, 15) is 4.79 Å². The second-order valence-electron chi connectivity index (χ2n) is 3.75. The van der Waals surface area contributed by atoms with Crippen molar-refractivity contribution in [3.05, 3.63) is 42.0 Å². The van der Waals surface area contributed by atoms with Crippen LogP contribution in [0.5, 0.6) is 0 Å². The summed E-state index contributed by atoms with van der Waals surface area (Å²) in [4.78, 5) is 13.2. The van der Waals surface area contributed by atoms with Crippen LogP contribution in [-0.4, -0.2) is 26.2 Å². The lowest BCUT2D eigenvalue weighted by molar-refractivity contribution is -0.134. The topological polar surface area (TPSA) is 29.5 Å². The van der Waals surface area contributed by atoms with Gasteiger partial charge in [-0.25, -0.2) is 4.79 Å². The van der Waals surface area contributed by atoms with Gasteiger partial charge in [-0.3, -0.25) is 0 Å². The molecule has 0 N–H and O–H groups in total. The molecule has 0 fully saturated rings. The third-order valence-electron chi connectivity index (χ3n) is 2.76. The second-order valence-corrected chi connectivity index (χ2v) is 3.75. The lowest BCUT2D eigenvalue weighted by Crippen LogP contribution is -2.20. The molecule has 2 rings (SSSR count). The van der Waals surface area contributed by atoms with Gasteiger partial charge in [0, 0.05) is 24.9 Å². The van der Waals surface area contributed by atoms with Gasteiger partial charge in [-0.05, 0) is 18.1 Å². The van der Waals surface area contributed by atoms with E-state index in [0.29, 0.717) is 0 Å². The number of carbonyl (C=O) groups is 1. The molecule has 3 heteroatoms. The van der Waals surface area contributed by atoms with E-state index in [0.717, 1.165) is 19.5 Å². The number of anilines is 1. The smallest absolute Gasteiger partial charge is 0.330 e. The number of ether oxygens (including phenoxy) is 1. The van der Waals surface area contributed by atoms with E-state index in [1.165, 1.54) is 24.4 Å². The summed E-state index contributed by atoms with van der Waals surface area (Å²) in [6.45, 7) is 1.77. The van der Waals surface area contributed by atoms with Gasteiger partial charge >= 0.3 is 5.97 Å². The summed E-state index contributed by atoms with van der Waals surface area (Å²) in [5.41, 5.74) is 2.66. The molecule has 0 bridgehead atoms. The van der Waals surface area contributed by atoms with Gasteiger partial charge in [0.2, 0.25) is 0 Å². The summed E-state index contributed by atoms with van der Waals surface area (Å²) in [6, 6.07) is 8.38. The molecule has 84 valence electrons. The standard InChI is InChI=1S/C13H15NO2/c1-16-13(15)7-4-9-14-10-8-11-5-2-3-6-12(11)14/h2-7H,8-10H2,1H3/b7-4+. The van der Waals surface area contributed by atoms with E-state index in [1.807, 2.05) is 12.1 Å². The van der Waals surface area contributed by atoms with Gasteiger partial charge in [0.05, 0.1) is 7.11 Å². The van der Waals surface area contributed by atoms with Crippen molar-refractivity contribution in [3.8, 4) is 0 Å². The van der Waals surface area contributed by atoms with Crippen LogP contribution in [0.2, 0.25) is 0 Å². The van der Waals surface area contributed by atoms with E-state index in [1.54, 1.807) is 0 Å². The first-order valence-electron chi connectivity index (χ1n) is 5.38. The summed E-state index contributed by atoms with van der Waals surface area (Å²) >= 11 is 0. The maximum absolute atomic E-state index is 10.9. The minimum absolute atomic E-state index is 0.299. The van der Waals surface area contributed by atoms with Gasteiger partial charge in [-0.2, -0.15) is 0 Å². The van der Waals surface area contributed by atoms with Crippen molar-refractivity contribution >= 4 is 11.7 Å². The molecular formula is C13H15NO2. The molecule has 1 aliphatic rings. The Bertz CT molecular complexity index is 412. The number of fused-ring (bicyclic) bond motifs is 1. The highest BCUT2D eigenvalue weighted by molar-refractivity contribution is 5.81. The van der Waals surface area contributed by atoms with Crippen LogP contribution in [0.15, 0.2) is 36.4 Å². The van der Waals surface area contributed by atoms with Crippen molar-refractivity contribution in [2.24, 2.45) is 0 Å². The number of para-hydroxylation sites is 1. The van der Waals surface area contributed by atoms with Gasteiger partial charge in [-0.15, -0.1) is 0 Å². The third kappa shape index (κ3) is 2.24. The predicted octanol–water partition coefficient (Wildman–Crippen LogP) is 1.78. The Morgan fingerprint density at radius 1 is 1.50 bits per heavy atom. The Labute approximate surface area is 95.3 Å². The van der Waals surface area contributed by atoms with Crippen LogP contribution in [0.1, 0.15) is 5.56 Å². The van der Waals surface area contributed by atoms with E-state index < -0.39 is 0 Å². The number of esters is 1. The number of carbonyl (C=O) groups excluding carboxylic acids is 1. The van der Waals surface area contributed by atoms with Crippen molar-refractivity contribution in [3.63, 3.8) is 0 Å². The Morgan fingerprint density at radius 3 is 3.12 bits per heavy atom. The van der Waals surface area contributed by atoms with Crippen LogP contribution < -0.4 is 4.90 Å². The highest BCUT2D eigenvalue weighted by Gasteiger charge is 2.16. The molecule has 3 nitrogen and oxygen atoms in total. The molecule has 0 aliphatic carbocycles. The van der Waals surface area contributed by atoms with Crippen molar-refractivity contribution in [2.45, 2.75) is 6.42 Å². The minimum Gasteiger partial charge on any atom is -0.466 e. The Hall–Kier alpha value is -1.77. The van der Waals surface area contributed by atoms with Gasteiger partial charge in [0.15, 0.2) is 0 Å². The monoisotopic (exact) mass is 217 g/mol. The predicted molar refractivity (Wildman–Crippen MR) is 63.5 cm³/mol. The number of rotatable bonds is 3. The second kappa shape index (κ2) is 4.84. The zero-order valence-electron chi connectivity index (χ0n) is 9.35. The Morgan fingerprint density at radius 2 is 2.31 bits per heavy atom. The van der Waals surface area contributed by atoms with Crippen LogP contribution >= 0.6 is 0 Å². The fraction of sp³-hybridized carbons (Fsp3) is 0.308. The minimum atomic E-state index is -0.299. The van der Waals surface area contributed by atoms with Gasteiger partial charge < -0.3 is 9.64 Å². The van der Waals surface area contributed by atoms with E-state index >= 15 is 0 Å². The van der Waals surface area contributed by atoms with Gasteiger partial charge in [0.25, 0.3) is 0 Å². The average molecular weight is 217 g/mol. The highest BCUT2D eigenvalue weighted by atomic mass is 16.5. The quantitative estimate of drug-likeness (QED) is 0.571. The number of nitrogens with zero attached hydrogens (tertiary/aromatic N) is 1.